The Morgan fingerprint density at radius 3 is 0.533 bits per heavy atom. The first-order chi connectivity index (χ1) is 42.4. The third-order valence-corrected chi connectivity index (χ3v) is 12.9. The normalized spacial score (nSPS) is 13.8. The fourth-order valence-electron chi connectivity index (χ4n) is 3.44. The molecule has 0 nitrogen and oxygen atoms in total. The summed E-state index contributed by atoms with van der Waals surface area (Å²) >= 11 is 0. The van der Waals surface area contributed by atoms with Crippen molar-refractivity contribution in [3.8, 4) is 0 Å². The molecule has 5 unspecified atom stereocenters. The molecule has 0 aliphatic carbocycles. The predicted octanol–water partition coefficient (Wildman–Crippen LogP) is 33.6. The summed E-state index contributed by atoms with van der Waals surface area (Å²) in [5.41, 5.74) is 0.542. The van der Waals surface area contributed by atoms with Crippen molar-refractivity contribution in [3.05, 3.63) is 0 Å². The van der Waals surface area contributed by atoms with Crippen molar-refractivity contribution in [1.82, 2.24) is 0 Å². The van der Waals surface area contributed by atoms with Gasteiger partial charge in [0, 0.05) is 18.3 Å². The Morgan fingerprint density at radius 1 is 0.283 bits per heavy atom. The smallest absolute Gasteiger partial charge is 0.251 e. The molecule has 5 atom stereocenters. The second-order valence-corrected chi connectivity index (χ2v) is 27.4. The van der Waals surface area contributed by atoms with Crippen molar-refractivity contribution < 1.29 is 80.1 Å². The number of rotatable bonds is 20. The molecular formula is C75H161F17. The molecule has 0 radical (unpaired) electrons. The lowest BCUT2D eigenvalue weighted by Gasteiger charge is -2.13. The maximum absolute atomic E-state index is 11.8. The van der Waals surface area contributed by atoms with E-state index in [1.165, 1.54) is 72.1 Å². The number of hydrogen-bond acceptors (Lipinski definition) is 0. The Hall–Kier alpha value is -1.19. The van der Waals surface area contributed by atoms with Crippen LogP contribution in [0, 0.1) is 70.5 Å². The summed E-state index contributed by atoms with van der Waals surface area (Å²) in [4.78, 5) is 0. The van der Waals surface area contributed by atoms with Crippen LogP contribution < -0.4 is 0 Å². The largest absolute Gasteiger partial charge is 0.391 e. The predicted molar refractivity (Wildman–Crippen MR) is 378 cm³/mol. The van der Waals surface area contributed by atoms with Gasteiger partial charge in [-0.1, -0.05) is 319 Å². The Labute approximate surface area is 569 Å². The zero-order chi connectivity index (χ0) is 81.3. The lowest BCUT2D eigenvalue weighted by Crippen LogP contribution is -2.19. The summed E-state index contributed by atoms with van der Waals surface area (Å²) in [6.07, 6.45) is -6.32. The van der Waals surface area contributed by atoms with Crippen LogP contribution in [0.2, 0.25) is 0 Å². The molecule has 0 saturated carbocycles. The van der Waals surface area contributed by atoms with Crippen LogP contribution in [-0.2, 0) is 0 Å². The summed E-state index contributed by atoms with van der Waals surface area (Å²) in [5.74, 6) is -5.05. The maximum atomic E-state index is 11.8. The quantitative estimate of drug-likeness (QED) is 0.107. The van der Waals surface area contributed by atoms with Crippen LogP contribution in [0.25, 0.3) is 0 Å². The molecule has 0 aliphatic heterocycles. The van der Waals surface area contributed by atoms with E-state index in [9.17, 15) is 74.6 Å². The van der Waals surface area contributed by atoms with Crippen molar-refractivity contribution in [1.29, 1.82) is 0 Å². The van der Waals surface area contributed by atoms with Crippen molar-refractivity contribution in [2.75, 3.05) is 6.67 Å². The highest BCUT2D eigenvalue weighted by Gasteiger charge is 2.36. The van der Waals surface area contributed by atoms with E-state index in [0.717, 1.165) is 89.9 Å². The third kappa shape index (κ3) is 179. The van der Waals surface area contributed by atoms with Crippen LogP contribution in [0.3, 0.4) is 0 Å². The van der Waals surface area contributed by atoms with E-state index >= 15 is 0 Å². The van der Waals surface area contributed by atoms with Crippen molar-refractivity contribution >= 4 is 0 Å². The highest BCUT2D eigenvalue weighted by atomic mass is 19.4. The van der Waals surface area contributed by atoms with Crippen molar-refractivity contribution in [2.24, 2.45) is 70.5 Å². The second kappa shape index (κ2) is 78.8. The minimum absolute atomic E-state index is 0.00694. The average molecular weight is 1390 g/mol. The molecule has 0 aromatic rings. The monoisotopic (exact) mass is 1390 g/mol. The van der Waals surface area contributed by atoms with E-state index in [1.54, 1.807) is 20.8 Å². The molecule has 92 heavy (non-hydrogen) atoms. The van der Waals surface area contributed by atoms with E-state index in [1.807, 2.05) is 6.92 Å². The van der Waals surface area contributed by atoms with E-state index in [0.29, 0.717) is 24.7 Å². The zero-order valence-corrected chi connectivity index (χ0v) is 66.7. The summed E-state index contributed by atoms with van der Waals surface area (Å²) < 4.78 is 226. The zero-order valence-electron chi connectivity index (χ0n) is 70.7. The van der Waals surface area contributed by atoms with Gasteiger partial charge in [0.15, 0.2) is 0 Å². The maximum Gasteiger partial charge on any atom is 0.391 e. The first-order valence-electron chi connectivity index (χ1n) is 36.9. The summed E-state index contributed by atoms with van der Waals surface area (Å²) in [6, 6.07) is 0. The van der Waals surface area contributed by atoms with Gasteiger partial charge in [-0.3, -0.25) is 4.39 Å². The van der Waals surface area contributed by atoms with Crippen LogP contribution in [0.15, 0.2) is 0 Å². The van der Waals surface area contributed by atoms with Crippen LogP contribution in [0.5, 0.6) is 0 Å². The van der Waals surface area contributed by atoms with Crippen molar-refractivity contribution in [2.45, 2.75) is 414 Å². The van der Waals surface area contributed by atoms with Gasteiger partial charge in [-0.25, -0.2) is 17.6 Å². The Kier molecular flexibility index (Phi) is 96.1. The molecule has 0 fully saturated rings. The molecule has 0 bridgehead atoms. The van der Waals surface area contributed by atoms with Gasteiger partial charge in [0.1, 0.15) is 0 Å². The average Bonchev–Trinajstić information content (AvgIpc) is 0.918. The highest BCUT2D eigenvalue weighted by Crippen LogP contribution is 2.31. The molecule has 0 spiro atoms. The number of hydrogen-bond donors (Lipinski definition) is 0. The molecule has 580 valence electrons. The van der Waals surface area contributed by atoms with Gasteiger partial charge in [0.2, 0.25) is 11.8 Å². The van der Waals surface area contributed by atoms with Gasteiger partial charge in [0.05, 0.1) is 30.3 Å². The molecule has 17 heteroatoms. The van der Waals surface area contributed by atoms with Crippen molar-refractivity contribution in [3.63, 3.8) is 0 Å². The van der Waals surface area contributed by atoms with E-state index in [2.05, 4.69) is 159 Å². The van der Waals surface area contributed by atoms with E-state index in [-0.39, 0.29) is 38.3 Å². The number of halogens is 17. The van der Waals surface area contributed by atoms with Gasteiger partial charge < -0.3 is 0 Å². The molecule has 0 N–H and O–H groups in total. The van der Waals surface area contributed by atoms with Gasteiger partial charge in [-0.2, -0.15) is 52.7 Å². The first-order valence-corrected chi connectivity index (χ1v) is 34.9. The second-order valence-electron chi connectivity index (χ2n) is 27.4. The van der Waals surface area contributed by atoms with Gasteiger partial charge in [-0.05, 0) is 92.7 Å². The lowest BCUT2D eigenvalue weighted by molar-refractivity contribution is -0.171. The Bertz CT molecular complexity index is 1340. The minimum Gasteiger partial charge on any atom is -0.251 e. The molecule has 0 saturated heterocycles. The molecule has 0 amide bonds. The minimum atomic E-state index is -4.43. The fraction of sp³-hybridized carbons (Fsp3) is 1.00. The molecule has 0 aromatic carbocycles. The third-order valence-electron chi connectivity index (χ3n) is 12.9. The molecule has 0 rings (SSSR count). The van der Waals surface area contributed by atoms with Gasteiger partial charge >= 0.3 is 24.7 Å². The van der Waals surface area contributed by atoms with Crippen LogP contribution >= 0.6 is 0 Å². The SMILES string of the molecule is CCC(C)(C)C.CCC(C)C.CCC(C)C.CCC(C)C.CCC(C)C.CCC(C)C.CCC(C)C(F)(F)F.CCCC(C)(F)F.CCCC(C)(F)F.CCCC(C)C.CCCC(C)C(F)(F)F.CCCC(C)CF.[2H]C([2H])(C)C(C)C(F)(F)F.[2H]C([2H])(C)CC(C)C(F)(F)F. The standard InChI is InChI=1S/2C6H11F3.C6H13F.2C6H14.2C5H9F3.2C5H10F2.5C5H12/c2*1-3-4-5(2)6(7,8)9;1-3-4-6(2)5-7;1-5-6(2,3)4;1-4-5-6(2)3;2*1-3-4(2)5(6,7)8;2*1-3-4-5(2,6)7;5*1-4-5(2)3/h2*5H,3-4H2,1-2H3;6H,3-5H2,1-2H3;5H2,1-4H3;6H,4-5H2,1-3H3;2*4H,3H2,1-2H3;2*3-4H2,1-2H3;5*5H,4H2,1-3H3/i3D2;;;;;3D2;;;;;;;;. The van der Waals surface area contributed by atoms with Crippen LogP contribution in [-0.4, -0.2) is 43.2 Å². The summed E-state index contributed by atoms with van der Waals surface area (Å²) in [5, 5.41) is 0. The first kappa shape index (κ1) is 112. The lowest BCUT2D eigenvalue weighted by atomic mass is 9.94. The number of alkyl halides is 17. The molecule has 0 aliphatic rings. The topological polar surface area (TPSA) is 0 Å². The summed E-state index contributed by atoms with van der Waals surface area (Å²) in [7, 11) is 0. The molecular weight excluding hydrogens is 1220 g/mol. The fourth-order valence-corrected chi connectivity index (χ4v) is 3.44. The molecule has 0 aromatic heterocycles. The van der Waals surface area contributed by atoms with E-state index < -0.39 is 79.4 Å². The highest BCUT2D eigenvalue weighted by molar-refractivity contribution is 4.62. The van der Waals surface area contributed by atoms with Gasteiger partial charge in [0.25, 0.3) is 0 Å². The Morgan fingerprint density at radius 2 is 0.500 bits per heavy atom. The summed E-state index contributed by atoms with van der Waals surface area (Å²) in [6.45, 7) is 67.7. The van der Waals surface area contributed by atoms with Gasteiger partial charge in [-0.15, -0.1) is 0 Å². The Balaban J connectivity index is -0.0000000633. The van der Waals surface area contributed by atoms with Crippen LogP contribution in [0.1, 0.15) is 383 Å². The van der Waals surface area contributed by atoms with Crippen LogP contribution in [0.4, 0.5) is 74.6 Å². The van der Waals surface area contributed by atoms with E-state index in [4.69, 9.17) is 5.48 Å². The molecule has 0 heterocycles.